The molecule has 182 valence electrons. The largest absolute Gasteiger partial charge is 0.416 e. The molecule has 2 unspecified atom stereocenters. The van der Waals surface area contributed by atoms with Crippen LogP contribution < -0.4 is 0 Å². The maximum Gasteiger partial charge on any atom is 0.416 e. The third kappa shape index (κ3) is 5.56. The summed E-state index contributed by atoms with van der Waals surface area (Å²) in [5, 5.41) is 12.3. The molecule has 0 saturated heterocycles. The minimum atomic E-state index is -4.51. The SMILES string of the molecule is FC(F)(F)c1ccc(-c2nc(-c3ccc(C(F)(F)F)cc3)n(C(Br)C(Br)c3cccnn3)n2)cc1. The van der Waals surface area contributed by atoms with Gasteiger partial charge in [0.2, 0.25) is 0 Å². The first-order valence-corrected chi connectivity index (χ1v) is 11.7. The van der Waals surface area contributed by atoms with E-state index in [-0.39, 0.29) is 11.6 Å². The van der Waals surface area contributed by atoms with E-state index in [1.807, 2.05) is 0 Å². The number of hydrogen-bond donors (Lipinski definition) is 0. The van der Waals surface area contributed by atoms with Gasteiger partial charge in [0.05, 0.1) is 21.6 Å². The summed E-state index contributed by atoms with van der Waals surface area (Å²) in [6.45, 7) is 0. The van der Waals surface area contributed by atoms with Crippen molar-refractivity contribution in [2.45, 2.75) is 22.1 Å². The summed E-state index contributed by atoms with van der Waals surface area (Å²) in [6.07, 6.45) is -7.52. The summed E-state index contributed by atoms with van der Waals surface area (Å²) >= 11 is 7.04. The van der Waals surface area contributed by atoms with Crippen LogP contribution in [-0.2, 0) is 12.4 Å². The molecule has 35 heavy (non-hydrogen) atoms. The fraction of sp³-hybridized carbons (Fsp3) is 0.182. The molecular formula is C22H13Br2F6N5. The maximum absolute atomic E-state index is 13.0. The molecule has 0 bridgehead atoms. The molecule has 2 atom stereocenters. The van der Waals surface area contributed by atoms with Gasteiger partial charge in [0.1, 0.15) is 4.95 Å². The summed E-state index contributed by atoms with van der Waals surface area (Å²) in [6, 6.07) is 12.0. The van der Waals surface area contributed by atoms with Crippen LogP contribution in [0.15, 0.2) is 66.9 Å². The van der Waals surface area contributed by atoms with Crippen molar-refractivity contribution in [2.75, 3.05) is 0 Å². The molecule has 0 aliphatic heterocycles. The highest BCUT2D eigenvalue weighted by atomic mass is 79.9. The quantitative estimate of drug-likeness (QED) is 0.172. The lowest BCUT2D eigenvalue weighted by Gasteiger charge is -2.18. The second kappa shape index (κ2) is 9.69. The van der Waals surface area contributed by atoms with Crippen molar-refractivity contribution < 1.29 is 26.3 Å². The van der Waals surface area contributed by atoms with E-state index in [1.54, 1.807) is 12.1 Å². The first-order valence-electron chi connectivity index (χ1n) is 9.82. The van der Waals surface area contributed by atoms with Gasteiger partial charge in [-0.05, 0) is 36.4 Å². The van der Waals surface area contributed by atoms with E-state index in [0.717, 1.165) is 24.3 Å². The minimum absolute atomic E-state index is 0.0944. The first kappa shape index (κ1) is 25.3. The van der Waals surface area contributed by atoms with Gasteiger partial charge in [-0.15, -0.1) is 5.10 Å². The number of nitrogens with zero attached hydrogens (tertiary/aromatic N) is 5. The number of halogens is 8. The van der Waals surface area contributed by atoms with Gasteiger partial charge in [0.15, 0.2) is 11.6 Å². The van der Waals surface area contributed by atoms with Crippen LogP contribution >= 0.6 is 31.9 Å². The van der Waals surface area contributed by atoms with E-state index in [0.29, 0.717) is 16.8 Å². The van der Waals surface area contributed by atoms with Gasteiger partial charge in [-0.3, -0.25) is 0 Å². The molecule has 13 heteroatoms. The van der Waals surface area contributed by atoms with E-state index in [9.17, 15) is 26.3 Å². The molecule has 2 aromatic carbocycles. The second-order valence-electron chi connectivity index (χ2n) is 7.28. The van der Waals surface area contributed by atoms with Crippen LogP contribution in [0.25, 0.3) is 22.8 Å². The van der Waals surface area contributed by atoms with Crippen LogP contribution in [0.4, 0.5) is 26.3 Å². The zero-order valence-corrected chi connectivity index (χ0v) is 20.4. The Labute approximate surface area is 211 Å². The maximum atomic E-state index is 13.0. The molecule has 2 aromatic heterocycles. The smallest absolute Gasteiger partial charge is 0.230 e. The number of aromatic nitrogens is 5. The third-order valence-corrected chi connectivity index (χ3v) is 7.52. The van der Waals surface area contributed by atoms with E-state index < -0.39 is 33.3 Å². The molecule has 0 amide bonds. The predicted octanol–water partition coefficient (Wildman–Crippen LogP) is 7.47. The van der Waals surface area contributed by atoms with Gasteiger partial charge in [-0.2, -0.15) is 36.5 Å². The Balaban J connectivity index is 1.78. The summed E-state index contributed by atoms with van der Waals surface area (Å²) in [5.41, 5.74) is -0.490. The lowest BCUT2D eigenvalue weighted by atomic mass is 10.1. The molecule has 0 fully saturated rings. The van der Waals surface area contributed by atoms with Crippen molar-refractivity contribution in [1.82, 2.24) is 25.0 Å². The normalized spacial score (nSPS) is 14.1. The van der Waals surface area contributed by atoms with Crippen LogP contribution in [-0.4, -0.2) is 25.0 Å². The average molecular weight is 621 g/mol. The molecule has 0 spiro atoms. The van der Waals surface area contributed by atoms with Gasteiger partial charge >= 0.3 is 12.4 Å². The van der Waals surface area contributed by atoms with Crippen molar-refractivity contribution in [2.24, 2.45) is 0 Å². The average Bonchev–Trinajstić information content (AvgIpc) is 3.28. The lowest BCUT2D eigenvalue weighted by Crippen LogP contribution is -2.13. The summed E-state index contributed by atoms with van der Waals surface area (Å²) in [5.74, 6) is 0.292. The first-order chi connectivity index (χ1) is 16.4. The van der Waals surface area contributed by atoms with Crippen molar-refractivity contribution in [3.8, 4) is 22.8 Å². The fourth-order valence-electron chi connectivity index (χ4n) is 3.16. The van der Waals surface area contributed by atoms with Crippen LogP contribution in [0.3, 0.4) is 0 Å². The molecule has 5 nitrogen and oxygen atoms in total. The highest BCUT2D eigenvalue weighted by molar-refractivity contribution is 9.11. The van der Waals surface area contributed by atoms with Gasteiger partial charge in [-0.25, -0.2) is 9.67 Å². The van der Waals surface area contributed by atoms with Crippen molar-refractivity contribution in [1.29, 1.82) is 0 Å². The molecule has 0 saturated carbocycles. The summed E-state index contributed by atoms with van der Waals surface area (Å²) in [7, 11) is 0. The predicted molar refractivity (Wildman–Crippen MR) is 123 cm³/mol. The molecule has 2 heterocycles. The zero-order chi connectivity index (χ0) is 25.4. The molecule has 4 rings (SSSR count). The van der Waals surface area contributed by atoms with Crippen LogP contribution in [0.1, 0.15) is 26.6 Å². The Hall–Kier alpha value is -2.80. The van der Waals surface area contributed by atoms with E-state index in [1.165, 1.54) is 35.1 Å². The van der Waals surface area contributed by atoms with Crippen molar-refractivity contribution in [3.63, 3.8) is 0 Å². The van der Waals surface area contributed by atoms with E-state index in [2.05, 4.69) is 52.1 Å². The Morgan fingerprint density at radius 3 is 1.77 bits per heavy atom. The second-order valence-corrected chi connectivity index (χ2v) is 9.20. The van der Waals surface area contributed by atoms with Crippen LogP contribution in [0, 0.1) is 0 Å². The van der Waals surface area contributed by atoms with Crippen molar-refractivity contribution >= 4 is 31.9 Å². The molecule has 0 radical (unpaired) electrons. The fourth-order valence-corrected chi connectivity index (χ4v) is 4.18. The van der Waals surface area contributed by atoms with Gasteiger partial charge < -0.3 is 0 Å². The van der Waals surface area contributed by atoms with E-state index in [4.69, 9.17) is 0 Å². The molecule has 0 aliphatic carbocycles. The monoisotopic (exact) mass is 619 g/mol. The topological polar surface area (TPSA) is 56.5 Å². The Morgan fingerprint density at radius 2 is 1.29 bits per heavy atom. The molecular weight excluding hydrogens is 608 g/mol. The number of benzene rings is 2. The Morgan fingerprint density at radius 1 is 0.743 bits per heavy atom. The minimum Gasteiger partial charge on any atom is -0.230 e. The lowest BCUT2D eigenvalue weighted by molar-refractivity contribution is -0.138. The molecule has 0 N–H and O–H groups in total. The number of hydrogen-bond acceptors (Lipinski definition) is 4. The van der Waals surface area contributed by atoms with Gasteiger partial charge in [-0.1, -0.05) is 56.1 Å². The molecule has 4 aromatic rings. The summed E-state index contributed by atoms with van der Waals surface area (Å²) < 4.78 is 79.3. The Bertz CT molecular complexity index is 1290. The third-order valence-electron chi connectivity index (χ3n) is 4.92. The van der Waals surface area contributed by atoms with Gasteiger partial charge in [0, 0.05) is 17.3 Å². The number of rotatable bonds is 5. The van der Waals surface area contributed by atoms with E-state index >= 15 is 0 Å². The zero-order valence-electron chi connectivity index (χ0n) is 17.3. The highest BCUT2D eigenvalue weighted by Gasteiger charge is 2.32. The van der Waals surface area contributed by atoms with Gasteiger partial charge in [0.25, 0.3) is 0 Å². The number of alkyl halides is 8. The standard InChI is InChI=1S/C22H13Br2F6N5/c23-17(16-2-1-11-31-33-16)18(24)35-20(13-5-9-15(10-6-13)22(28,29)30)32-19(34-35)12-3-7-14(8-4-12)21(25,26)27/h1-11,17-18H. The van der Waals surface area contributed by atoms with Crippen molar-refractivity contribution in [3.05, 3.63) is 83.7 Å². The Kier molecular flexibility index (Phi) is 7.00. The van der Waals surface area contributed by atoms with Crippen LogP contribution in [0.2, 0.25) is 0 Å². The van der Waals surface area contributed by atoms with Crippen LogP contribution in [0.5, 0.6) is 0 Å². The summed E-state index contributed by atoms with van der Waals surface area (Å²) in [4.78, 5) is 3.32. The highest BCUT2D eigenvalue weighted by Crippen LogP contribution is 2.40. The molecule has 0 aliphatic rings.